The molecule has 0 unspecified atom stereocenters. The van der Waals surface area contributed by atoms with Crippen LogP contribution in [0.25, 0.3) is 45.1 Å². The van der Waals surface area contributed by atoms with Crippen LogP contribution in [0.2, 0.25) is 25.7 Å². The van der Waals surface area contributed by atoms with E-state index in [2.05, 4.69) is 34.6 Å². The van der Waals surface area contributed by atoms with Gasteiger partial charge in [0.05, 0.1) is 0 Å². The minimum Gasteiger partial charge on any atom is -0.360 e. The summed E-state index contributed by atoms with van der Waals surface area (Å²) in [6.45, 7) is 7.98. The van der Waals surface area contributed by atoms with Crippen LogP contribution in [-0.2, 0) is 11.5 Å². The van der Waals surface area contributed by atoms with E-state index in [4.69, 9.17) is 14.8 Å². The molecule has 0 atom stereocenters. The van der Waals surface area contributed by atoms with Gasteiger partial charge in [0, 0.05) is 37.6 Å². The number of nitrogens with zero attached hydrogens (tertiary/aromatic N) is 5. The van der Waals surface area contributed by atoms with Gasteiger partial charge in [-0.1, -0.05) is 50.0 Å². The Kier molecular flexibility index (Phi) is 6.27. The van der Waals surface area contributed by atoms with Crippen LogP contribution in [0.15, 0.2) is 67.1 Å². The Balaban J connectivity index is 1.55. The van der Waals surface area contributed by atoms with Crippen LogP contribution in [0.3, 0.4) is 0 Å². The molecule has 9 heteroatoms. The zero-order valence-corrected chi connectivity index (χ0v) is 21.0. The van der Waals surface area contributed by atoms with Crippen LogP contribution in [0.5, 0.6) is 0 Å². The molecule has 0 radical (unpaired) electrons. The van der Waals surface area contributed by atoms with Crippen molar-refractivity contribution in [2.45, 2.75) is 32.4 Å². The first kappa shape index (κ1) is 23.1. The number of benzene rings is 2. The number of H-pyrrole nitrogens is 1. The largest absolute Gasteiger partial charge is 0.360 e. The fourth-order valence-electron chi connectivity index (χ4n) is 3.78. The Bertz CT molecular complexity index is 1440. The summed E-state index contributed by atoms with van der Waals surface area (Å²) in [7, 11) is -1.19. The molecule has 3 aromatic heterocycles. The predicted octanol–water partition coefficient (Wildman–Crippen LogP) is 6.00. The fourth-order valence-corrected chi connectivity index (χ4v) is 4.53. The molecule has 1 N–H and O–H groups in total. The number of rotatable bonds is 8. The molecule has 0 bridgehead atoms. The maximum absolute atomic E-state index is 13.6. The van der Waals surface area contributed by atoms with Gasteiger partial charge in [-0.05, 0) is 30.3 Å². The monoisotopic (exact) mass is 486 g/mol. The zero-order chi connectivity index (χ0) is 24.4. The molecule has 0 aliphatic heterocycles. The second-order valence-corrected chi connectivity index (χ2v) is 15.3. The van der Waals surface area contributed by atoms with Gasteiger partial charge in [-0.25, -0.2) is 24.0 Å². The van der Waals surface area contributed by atoms with E-state index in [9.17, 15) is 4.39 Å². The molecule has 0 aliphatic rings. The Hall–Kier alpha value is -3.69. The van der Waals surface area contributed by atoms with Crippen molar-refractivity contribution in [1.29, 1.82) is 0 Å². The van der Waals surface area contributed by atoms with E-state index in [1.54, 1.807) is 16.8 Å². The molecule has 5 aromatic rings. The molecule has 0 amide bonds. The summed E-state index contributed by atoms with van der Waals surface area (Å²) in [6.07, 6.45) is 3.42. The first-order chi connectivity index (χ1) is 16.9. The lowest BCUT2D eigenvalue weighted by atomic mass is 10.1. The highest BCUT2D eigenvalue weighted by molar-refractivity contribution is 6.76. The van der Waals surface area contributed by atoms with E-state index >= 15 is 0 Å². The van der Waals surface area contributed by atoms with E-state index in [-0.39, 0.29) is 5.82 Å². The van der Waals surface area contributed by atoms with Crippen molar-refractivity contribution < 1.29 is 9.13 Å². The molecule has 35 heavy (non-hydrogen) atoms. The third-order valence-electron chi connectivity index (χ3n) is 5.68. The molecule has 2 aromatic carbocycles. The number of halogens is 1. The summed E-state index contributed by atoms with van der Waals surface area (Å²) in [5, 5.41) is 4.77. The highest BCUT2D eigenvalue weighted by atomic mass is 28.3. The van der Waals surface area contributed by atoms with E-state index in [0.717, 1.165) is 22.7 Å². The van der Waals surface area contributed by atoms with Crippen molar-refractivity contribution in [3.63, 3.8) is 0 Å². The quantitative estimate of drug-likeness (QED) is 0.215. The summed E-state index contributed by atoms with van der Waals surface area (Å²) in [5.41, 5.74) is 5.15. The minimum absolute atomic E-state index is 0.298. The standard InChI is InChI=1S/C26H27FN6OSi/c1-35(2,3)14-13-34-17-33-15-21(22(32-33)18-9-11-20(27)12-10-18)23-24-26(29-16-28-23)31-25(30-24)19-7-5-4-6-8-19/h4-12,15-16H,13-14,17H2,1-3H3,(H,28,29,30,31). The van der Waals surface area contributed by atoms with Crippen LogP contribution in [0.1, 0.15) is 0 Å². The fraction of sp³-hybridized carbons (Fsp3) is 0.231. The van der Waals surface area contributed by atoms with E-state index in [1.165, 1.54) is 18.5 Å². The van der Waals surface area contributed by atoms with Gasteiger partial charge in [-0.2, -0.15) is 5.10 Å². The molecule has 7 nitrogen and oxygen atoms in total. The second-order valence-electron chi connectivity index (χ2n) is 9.66. The highest BCUT2D eigenvalue weighted by Gasteiger charge is 2.20. The lowest BCUT2D eigenvalue weighted by molar-refractivity contribution is 0.0788. The van der Waals surface area contributed by atoms with Crippen LogP contribution in [0.4, 0.5) is 4.39 Å². The van der Waals surface area contributed by atoms with E-state index < -0.39 is 8.07 Å². The average molecular weight is 487 g/mol. The smallest absolute Gasteiger partial charge is 0.161 e. The number of fused-ring (bicyclic) bond motifs is 1. The number of hydrogen-bond acceptors (Lipinski definition) is 5. The highest BCUT2D eigenvalue weighted by Crippen LogP contribution is 2.34. The predicted molar refractivity (Wildman–Crippen MR) is 138 cm³/mol. The van der Waals surface area contributed by atoms with Gasteiger partial charge >= 0.3 is 0 Å². The molecule has 0 saturated carbocycles. The van der Waals surface area contributed by atoms with Gasteiger partial charge in [0.15, 0.2) is 5.65 Å². The molecule has 0 aliphatic carbocycles. The van der Waals surface area contributed by atoms with Gasteiger partial charge in [-0.15, -0.1) is 0 Å². The summed E-state index contributed by atoms with van der Waals surface area (Å²) < 4.78 is 21.3. The van der Waals surface area contributed by atoms with Crippen molar-refractivity contribution in [2.24, 2.45) is 0 Å². The van der Waals surface area contributed by atoms with Crippen molar-refractivity contribution in [1.82, 2.24) is 29.7 Å². The summed E-state index contributed by atoms with van der Waals surface area (Å²) >= 11 is 0. The number of nitrogens with one attached hydrogen (secondary N) is 1. The van der Waals surface area contributed by atoms with Gasteiger partial charge in [0.25, 0.3) is 0 Å². The molecular formula is C26H27FN6OSi. The lowest BCUT2D eigenvalue weighted by Gasteiger charge is -2.15. The van der Waals surface area contributed by atoms with Crippen LogP contribution in [-0.4, -0.2) is 44.4 Å². The minimum atomic E-state index is -1.19. The Labute approximate surface area is 204 Å². The normalized spacial score (nSPS) is 11.9. The summed E-state index contributed by atoms with van der Waals surface area (Å²) in [5.74, 6) is 0.418. The SMILES string of the molecule is C[Si](C)(C)CCOCn1cc(-c2ncnc3[nH]c(-c4ccccc4)nc23)c(-c2ccc(F)cc2)n1. The molecule has 5 rings (SSSR count). The van der Waals surface area contributed by atoms with Crippen molar-refractivity contribution in [3.8, 4) is 33.9 Å². The zero-order valence-electron chi connectivity index (χ0n) is 20.0. The summed E-state index contributed by atoms with van der Waals surface area (Å²) in [4.78, 5) is 17.1. The Morgan fingerprint density at radius 3 is 2.46 bits per heavy atom. The number of aromatic amines is 1. The van der Waals surface area contributed by atoms with Gasteiger partial charge < -0.3 is 9.72 Å². The van der Waals surface area contributed by atoms with Crippen molar-refractivity contribution in [3.05, 3.63) is 72.9 Å². The Morgan fingerprint density at radius 2 is 1.71 bits per heavy atom. The Morgan fingerprint density at radius 1 is 0.943 bits per heavy atom. The van der Waals surface area contributed by atoms with Crippen LogP contribution in [0, 0.1) is 5.82 Å². The van der Waals surface area contributed by atoms with Crippen LogP contribution >= 0.6 is 0 Å². The maximum atomic E-state index is 13.6. The van der Waals surface area contributed by atoms with Gasteiger partial charge in [-0.3, -0.25) is 0 Å². The van der Waals surface area contributed by atoms with Gasteiger partial charge in [0.1, 0.15) is 41.6 Å². The third-order valence-corrected chi connectivity index (χ3v) is 7.39. The van der Waals surface area contributed by atoms with E-state index in [0.29, 0.717) is 41.7 Å². The molecule has 0 fully saturated rings. The van der Waals surface area contributed by atoms with E-state index in [1.807, 2.05) is 36.5 Å². The lowest BCUT2D eigenvalue weighted by Crippen LogP contribution is -2.22. The average Bonchev–Trinajstić information content (AvgIpc) is 3.47. The molecule has 0 saturated heterocycles. The van der Waals surface area contributed by atoms with Crippen molar-refractivity contribution in [2.75, 3.05) is 6.61 Å². The third kappa shape index (κ3) is 5.20. The number of ether oxygens (including phenoxy) is 1. The molecule has 178 valence electrons. The number of hydrogen-bond donors (Lipinski definition) is 1. The molecule has 0 spiro atoms. The topological polar surface area (TPSA) is 81.5 Å². The molecular weight excluding hydrogens is 459 g/mol. The summed E-state index contributed by atoms with van der Waals surface area (Å²) in [6, 6.07) is 17.3. The van der Waals surface area contributed by atoms with Gasteiger partial charge in [0.2, 0.25) is 0 Å². The maximum Gasteiger partial charge on any atom is 0.161 e. The molecule has 3 heterocycles. The number of aromatic nitrogens is 6. The van der Waals surface area contributed by atoms with Crippen LogP contribution < -0.4 is 0 Å². The van der Waals surface area contributed by atoms with Crippen molar-refractivity contribution >= 4 is 19.2 Å². The number of imidazole rings is 1. The second kappa shape index (κ2) is 9.51. The first-order valence-corrected chi connectivity index (χ1v) is 15.3. The first-order valence-electron chi connectivity index (χ1n) is 11.5.